The highest BCUT2D eigenvalue weighted by Gasteiger charge is 2.19. The first kappa shape index (κ1) is 18.7. The predicted molar refractivity (Wildman–Crippen MR) is 99.9 cm³/mol. The molecule has 0 fully saturated rings. The molecular formula is C22H30O2. The number of unbranched alkanes of at least 4 members (excludes halogenated alkanes) is 5. The summed E-state index contributed by atoms with van der Waals surface area (Å²) in [5.41, 5.74) is 2.80. The second-order valence-corrected chi connectivity index (χ2v) is 6.56. The van der Waals surface area contributed by atoms with Gasteiger partial charge in [0.2, 0.25) is 0 Å². The number of aliphatic hydroxyl groups excluding tert-OH is 2. The van der Waals surface area contributed by atoms with Crippen LogP contribution in [0.4, 0.5) is 0 Å². The number of hydrogen-bond donors (Lipinski definition) is 2. The minimum atomic E-state index is -0.893. The molecule has 2 rings (SSSR count). The zero-order chi connectivity index (χ0) is 17.2. The third-order valence-corrected chi connectivity index (χ3v) is 4.58. The van der Waals surface area contributed by atoms with Crippen LogP contribution in [0.15, 0.2) is 54.6 Å². The predicted octanol–water partition coefficient (Wildman–Crippen LogP) is 5.36. The van der Waals surface area contributed by atoms with E-state index < -0.39 is 12.2 Å². The van der Waals surface area contributed by atoms with Gasteiger partial charge in [0, 0.05) is 0 Å². The molecule has 2 heteroatoms. The number of rotatable bonds is 10. The van der Waals surface area contributed by atoms with Crippen LogP contribution in [-0.2, 0) is 6.42 Å². The lowest BCUT2D eigenvalue weighted by atomic mass is 9.96. The Morgan fingerprint density at radius 2 is 1.21 bits per heavy atom. The van der Waals surface area contributed by atoms with E-state index in [0.29, 0.717) is 0 Å². The van der Waals surface area contributed by atoms with Crippen LogP contribution in [0.5, 0.6) is 0 Å². The molecule has 2 nitrogen and oxygen atoms in total. The average Bonchev–Trinajstić information content (AvgIpc) is 2.64. The third kappa shape index (κ3) is 5.77. The zero-order valence-electron chi connectivity index (χ0n) is 14.7. The molecule has 2 unspecified atom stereocenters. The fourth-order valence-corrected chi connectivity index (χ4v) is 3.01. The minimum Gasteiger partial charge on any atom is -0.385 e. The van der Waals surface area contributed by atoms with Crippen molar-refractivity contribution in [2.24, 2.45) is 0 Å². The molecule has 0 heterocycles. The molecule has 0 bridgehead atoms. The molecule has 2 N–H and O–H groups in total. The summed E-state index contributed by atoms with van der Waals surface area (Å²) in [7, 11) is 0. The molecule has 2 aromatic rings. The molecule has 0 aliphatic rings. The van der Waals surface area contributed by atoms with Crippen molar-refractivity contribution in [2.45, 2.75) is 64.1 Å². The van der Waals surface area contributed by atoms with Gasteiger partial charge in [-0.05, 0) is 29.5 Å². The Bertz CT molecular complexity index is 562. The lowest BCUT2D eigenvalue weighted by Gasteiger charge is -2.18. The van der Waals surface area contributed by atoms with Crippen molar-refractivity contribution in [2.75, 3.05) is 0 Å². The highest BCUT2D eigenvalue weighted by molar-refractivity contribution is 5.27. The smallest absolute Gasteiger partial charge is 0.109 e. The molecular weight excluding hydrogens is 296 g/mol. The number of benzene rings is 2. The minimum absolute atomic E-state index is 0.737. The van der Waals surface area contributed by atoms with E-state index >= 15 is 0 Å². The van der Waals surface area contributed by atoms with Crippen molar-refractivity contribution < 1.29 is 10.2 Å². The second kappa shape index (κ2) is 10.3. The summed E-state index contributed by atoms with van der Waals surface area (Å²) in [6.07, 6.45) is 7.12. The molecule has 0 aliphatic heterocycles. The van der Waals surface area contributed by atoms with Gasteiger partial charge in [0.1, 0.15) is 12.2 Å². The molecule has 2 aromatic carbocycles. The largest absolute Gasteiger partial charge is 0.385 e. The summed E-state index contributed by atoms with van der Waals surface area (Å²) in [6, 6.07) is 17.3. The second-order valence-electron chi connectivity index (χ2n) is 6.56. The zero-order valence-corrected chi connectivity index (χ0v) is 14.7. The Morgan fingerprint density at radius 3 is 1.83 bits per heavy atom. The number of aliphatic hydroxyl groups is 2. The van der Waals surface area contributed by atoms with E-state index in [-0.39, 0.29) is 0 Å². The van der Waals surface area contributed by atoms with Gasteiger partial charge in [0.15, 0.2) is 0 Å². The molecule has 24 heavy (non-hydrogen) atoms. The van der Waals surface area contributed by atoms with Gasteiger partial charge in [-0.2, -0.15) is 0 Å². The van der Waals surface area contributed by atoms with Gasteiger partial charge in [-0.25, -0.2) is 0 Å². The standard InChI is InChI=1S/C22H30O2/c1-2-3-4-5-6-8-11-18-14-16-20(17-15-18)22(24)21(23)19-12-9-7-10-13-19/h7,9-10,12-17,21-24H,2-6,8,11H2,1H3. The number of aryl methyl sites for hydroxylation is 1. The van der Waals surface area contributed by atoms with Crippen LogP contribution < -0.4 is 0 Å². The van der Waals surface area contributed by atoms with Gasteiger partial charge in [-0.15, -0.1) is 0 Å². The topological polar surface area (TPSA) is 40.5 Å². The SMILES string of the molecule is CCCCCCCCc1ccc(C(O)C(O)c2ccccc2)cc1. The molecule has 0 saturated carbocycles. The summed E-state index contributed by atoms with van der Waals surface area (Å²) in [6.45, 7) is 2.24. The van der Waals surface area contributed by atoms with Crippen LogP contribution >= 0.6 is 0 Å². The lowest BCUT2D eigenvalue weighted by Crippen LogP contribution is -2.10. The normalized spacial score (nSPS) is 13.6. The molecule has 0 radical (unpaired) electrons. The quantitative estimate of drug-likeness (QED) is 0.577. The van der Waals surface area contributed by atoms with Crippen LogP contribution in [0.1, 0.15) is 74.3 Å². The van der Waals surface area contributed by atoms with Gasteiger partial charge in [0.05, 0.1) is 0 Å². The van der Waals surface area contributed by atoms with E-state index in [1.165, 1.54) is 44.1 Å². The van der Waals surface area contributed by atoms with Crippen LogP contribution in [0, 0.1) is 0 Å². The molecule has 0 saturated heterocycles. The first-order valence-corrected chi connectivity index (χ1v) is 9.22. The van der Waals surface area contributed by atoms with Crippen molar-refractivity contribution in [3.63, 3.8) is 0 Å². The summed E-state index contributed by atoms with van der Waals surface area (Å²) >= 11 is 0. The van der Waals surface area contributed by atoms with Crippen molar-refractivity contribution in [3.05, 3.63) is 71.3 Å². The first-order valence-electron chi connectivity index (χ1n) is 9.22. The Morgan fingerprint density at radius 1 is 0.667 bits per heavy atom. The van der Waals surface area contributed by atoms with E-state index in [9.17, 15) is 10.2 Å². The monoisotopic (exact) mass is 326 g/mol. The first-order chi connectivity index (χ1) is 11.7. The van der Waals surface area contributed by atoms with Crippen LogP contribution in [0.25, 0.3) is 0 Å². The van der Waals surface area contributed by atoms with E-state index in [2.05, 4.69) is 19.1 Å². The van der Waals surface area contributed by atoms with E-state index in [0.717, 1.165) is 17.5 Å². The van der Waals surface area contributed by atoms with Crippen LogP contribution in [0.3, 0.4) is 0 Å². The number of hydrogen-bond acceptors (Lipinski definition) is 2. The molecule has 2 atom stereocenters. The molecule has 0 aromatic heterocycles. The molecule has 0 aliphatic carbocycles. The van der Waals surface area contributed by atoms with Crippen molar-refractivity contribution in [3.8, 4) is 0 Å². The van der Waals surface area contributed by atoms with Gasteiger partial charge in [-0.1, -0.05) is 93.6 Å². The summed E-state index contributed by atoms with van der Waals surface area (Å²) in [5.74, 6) is 0. The van der Waals surface area contributed by atoms with Gasteiger partial charge in [-0.3, -0.25) is 0 Å². The average molecular weight is 326 g/mol. The summed E-state index contributed by atoms with van der Waals surface area (Å²) in [5, 5.41) is 20.7. The van der Waals surface area contributed by atoms with E-state index in [1.807, 2.05) is 42.5 Å². The van der Waals surface area contributed by atoms with Crippen LogP contribution in [-0.4, -0.2) is 10.2 Å². The Hall–Kier alpha value is -1.64. The fraction of sp³-hybridized carbons (Fsp3) is 0.455. The van der Waals surface area contributed by atoms with E-state index in [1.54, 1.807) is 0 Å². The maximum absolute atomic E-state index is 10.4. The lowest BCUT2D eigenvalue weighted by molar-refractivity contribution is 0.0172. The van der Waals surface area contributed by atoms with Crippen molar-refractivity contribution in [1.82, 2.24) is 0 Å². The van der Waals surface area contributed by atoms with Gasteiger partial charge in [0.25, 0.3) is 0 Å². The highest BCUT2D eigenvalue weighted by atomic mass is 16.3. The summed E-state index contributed by atoms with van der Waals surface area (Å²) < 4.78 is 0. The van der Waals surface area contributed by atoms with Gasteiger partial charge < -0.3 is 10.2 Å². The highest BCUT2D eigenvalue weighted by Crippen LogP contribution is 2.28. The maximum Gasteiger partial charge on any atom is 0.109 e. The van der Waals surface area contributed by atoms with Crippen molar-refractivity contribution >= 4 is 0 Å². The summed E-state index contributed by atoms with van der Waals surface area (Å²) in [4.78, 5) is 0. The fourth-order valence-electron chi connectivity index (χ4n) is 3.01. The molecule has 130 valence electrons. The Balaban J connectivity index is 1.82. The molecule has 0 amide bonds. The van der Waals surface area contributed by atoms with Gasteiger partial charge >= 0.3 is 0 Å². The van der Waals surface area contributed by atoms with E-state index in [4.69, 9.17) is 0 Å². The molecule has 0 spiro atoms. The Kier molecular flexibility index (Phi) is 8.00. The van der Waals surface area contributed by atoms with Crippen LogP contribution in [0.2, 0.25) is 0 Å². The third-order valence-electron chi connectivity index (χ3n) is 4.58. The maximum atomic E-state index is 10.4. The Labute approximate surface area is 146 Å². The van der Waals surface area contributed by atoms with Crippen molar-refractivity contribution in [1.29, 1.82) is 0 Å².